The van der Waals surface area contributed by atoms with Gasteiger partial charge in [0, 0.05) is 6.20 Å². The van der Waals surface area contributed by atoms with E-state index in [2.05, 4.69) is 23.1 Å². The van der Waals surface area contributed by atoms with E-state index >= 15 is 0 Å². The third kappa shape index (κ3) is 3.12. The van der Waals surface area contributed by atoms with Gasteiger partial charge >= 0.3 is 0 Å². The molecule has 0 saturated carbocycles. The molecule has 1 rings (SSSR count). The highest BCUT2D eigenvalue weighted by molar-refractivity contribution is 4.93. The molecule has 0 aliphatic heterocycles. The molecular weight excluding hydrogens is 136 g/mol. The summed E-state index contributed by atoms with van der Waals surface area (Å²) < 4.78 is 0. The molecule has 0 atom stereocenters. The lowest BCUT2D eigenvalue weighted by Crippen LogP contribution is -1.90. The van der Waals surface area contributed by atoms with Crippen LogP contribution in [0.15, 0.2) is 12.4 Å². The topological polar surface area (TPSA) is 25.8 Å². The zero-order chi connectivity index (χ0) is 7.94. The Morgan fingerprint density at radius 1 is 1.45 bits per heavy atom. The fourth-order valence-corrected chi connectivity index (χ4v) is 0.975. The maximum Gasteiger partial charge on any atom is 0.108 e. The largest absolute Gasteiger partial charge is 0.257 e. The first-order chi connectivity index (χ1) is 5.43. The Bertz CT molecular complexity index is 184. The highest BCUT2D eigenvalue weighted by Crippen LogP contribution is 2.00. The van der Waals surface area contributed by atoms with Crippen LogP contribution < -0.4 is 0 Å². The predicted molar refractivity (Wildman–Crippen MR) is 44.1 cm³/mol. The van der Waals surface area contributed by atoms with E-state index in [1.807, 2.05) is 0 Å². The molecule has 1 heterocycles. The summed E-state index contributed by atoms with van der Waals surface area (Å²) in [7, 11) is 0. The molecule has 59 valence electrons. The van der Waals surface area contributed by atoms with E-state index in [9.17, 15) is 0 Å². The second-order valence-corrected chi connectivity index (χ2v) is 2.59. The first-order valence-electron chi connectivity index (χ1n) is 4.10. The molecule has 2 heteroatoms. The number of hydrogen-bond donors (Lipinski definition) is 0. The van der Waals surface area contributed by atoms with Gasteiger partial charge in [-0.15, -0.1) is 0 Å². The SMILES string of the molecule is CCCCCc1cn[c]cn1. The predicted octanol–water partition coefficient (Wildman–Crippen LogP) is 2.01. The molecule has 0 bridgehead atoms. The summed E-state index contributed by atoms with van der Waals surface area (Å²) in [5.41, 5.74) is 1.08. The van der Waals surface area contributed by atoms with Crippen LogP contribution in [0.4, 0.5) is 0 Å². The molecule has 1 aromatic rings. The van der Waals surface area contributed by atoms with Gasteiger partial charge in [0.1, 0.15) is 6.20 Å². The molecule has 0 spiro atoms. The van der Waals surface area contributed by atoms with Crippen molar-refractivity contribution in [2.45, 2.75) is 32.6 Å². The zero-order valence-corrected chi connectivity index (χ0v) is 6.88. The van der Waals surface area contributed by atoms with Crippen LogP contribution in [0.25, 0.3) is 0 Å². The van der Waals surface area contributed by atoms with Gasteiger partial charge in [-0.2, -0.15) is 0 Å². The van der Waals surface area contributed by atoms with E-state index in [0.29, 0.717) is 0 Å². The van der Waals surface area contributed by atoms with E-state index in [0.717, 1.165) is 12.1 Å². The van der Waals surface area contributed by atoms with Crippen molar-refractivity contribution in [2.75, 3.05) is 0 Å². The molecule has 0 amide bonds. The van der Waals surface area contributed by atoms with E-state index in [4.69, 9.17) is 0 Å². The van der Waals surface area contributed by atoms with Crippen molar-refractivity contribution in [2.24, 2.45) is 0 Å². The number of hydrogen-bond acceptors (Lipinski definition) is 2. The highest BCUT2D eigenvalue weighted by atomic mass is 14.8. The summed E-state index contributed by atoms with van der Waals surface area (Å²) >= 11 is 0. The normalized spacial score (nSPS) is 9.91. The van der Waals surface area contributed by atoms with E-state index in [-0.39, 0.29) is 0 Å². The number of aryl methyl sites for hydroxylation is 1. The molecule has 1 aromatic heterocycles. The Labute approximate surface area is 67.7 Å². The van der Waals surface area contributed by atoms with Gasteiger partial charge in [-0.05, 0) is 12.8 Å². The minimum Gasteiger partial charge on any atom is -0.257 e. The minimum atomic E-state index is 1.05. The second-order valence-electron chi connectivity index (χ2n) is 2.59. The Balaban J connectivity index is 2.28. The average molecular weight is 149 g/mol. The first-order valence-corrected chi connectivity index (χ1v) is 4.10. The summed E-state index contributed by atoms with van der Waals surface area (Å²) in [5.74, 6) is 0. The number of unbranched alkanes of at least 4 members (excludes halogenated alkanes) is 2. The van der Waals surface area contributed by atoms with E-state index < -0.39 is 0 Å². The van der Waals surface area contributed by atoms with Crippen molar-refractivity contribution in [3.63, 3.8) is 0 Å². The van der Waals surface area contributed by atoms with Crippen molar-refractivity contribution in [1.82, 2.24) is 9.97 Å². The van der Waals surface area contributed by atoms with Crippen LogP contribution in [0.1, 0.15) is 31.9 Å². The minimum absolute atomic E-state index is 1.05. The van der Waals surface area contributed by atoms with Crippen LogP contribution in [0.3, 0.4) is 0 Å². The molecule has 0 unspecified atom stereocenters. The lowest BCUT2D eigenvalue weighted by molar-refractivity contribution is 0.705. The van der Waals surface area contributed by atoms with Crippen molar-refractivity contribution in [3.8, 4) is 0 Å². The van der Waals surface area contributed by atoms with Crippen molar-refractivity contribution >= 4 is 0 Å². The summed E-state index contributed by atoms with van der Waals surface area (Å²) in [5, 5.41) is 0. The van der Waals surface area contributed by atoms with Crippen LogP contribution in [0.2, 0.25) is 0 Å². The van der Waals surface area contributed by atoms with Crippen molar-refractivity contribution in [1.29, 1.82) is 0 Å². The van der Waals surface area contributed by atoms with Gasteiger partial charge < -0.3 is 0 Å². The second kappa shape index (κ2) is 4.83. The molecule has 11 heavy (non-hydrogen) atoms. The van der Waals surface area contributed by atoms with Crippen LogP contribution in [-0.2, 0) is 6.42 Å². The van der Waals surface area contributed by atoms with Crippen molar-refractivity contribution < 1.29 is 0 Å². The Kier molecular flexibility index (Phi) is 3.59. The van der Waals surface area contributed by atoms with Crippen LogP contribution in [-0.4, -0.2) is 9.97 Å². The van der Waals surface area contributed by atoms with E-state index in [1.54, 1.807) is 12.4 Å². The van der Waals surface area contributed by atoms with Crippen LogP contribution >= 0.6 is 0 Å². The fourth-order valence-electron chi connectivity index (χ4n) is 0.975. The highest BCUT2D eigenvalue weighted by Gasteiger charge is 1.91. The standard InChI is InChI=1S/C9H13N2/c1-2-3-4-5-9-8-10-6-7-11-9/h7-8H,2-5H2,1H3. The quantitative estimate of drug-likeness (QED) is 0.612. The van der Waals surface area contributed by atoms with Gasteiger partial charge in [0.15, 0.2) is 0 Å². The molecule has 0 N–H and O–H groups in total. The molecular formula is C9H13N2. The van der Waals surface area contributed by atoms with Gasteiger partial charge in [0.25, 0.3) is 0 Å². The van der Waals surface area contributed by atoms with Crippen molar-refractivity contribution in [3.05, 3.63) is 24.3 Å². The molecule has 2 nitrogen and oxygen atoms in total. The smallest absolute Gasteiger partial charge is 0.108 e. The molecule has 1 radical (unpaired) electrons. The lowest BCUT2D eigenvalue weighted by atomic mass is 10.2. The third-order valence-electron chi connectivity index (χ3n) is 1.61. The average Bonchev–Trinajstić information content (AvgIpc) is 2.07. The molecule has 0 aromatic carbocycles. The van der Waals surface area contributed by atoms with E-state index in [1.165, 1.54) is 19.3 Å². The lowest BCUT2D eigenvalue weighted by Gasteiger charge is -1.96. The Morgan fingerprint density at radius 3 is 3.00 bits per heavy atom. The number of aromatic nitrogens is 2. The molecule has 0 saturated heterocycles. The Morgan fingerprint density at radius 2 is 2.36 bits per heavy atom. The fraction of sp³-hybridized carbons (Fsp3) is 0.556. The van der Waals surface area contributed by atoms with Gasteiger partial charge in [-0.3, -0.25) is 9.97 Å². The van der Waals surface area contributed by atoms with Gasteiger partial charge in [-0.25, -0.2) is 0 Å². The monoisotopic (exact) mass is 149 g/mol. The van der Waals surface area contributed by atoms with Crippen LogP contribution in [0.5, 0.6) is 0 Å². The van der Waals surface area contributed by atoms with Gasteiger partial charge in [0.2, 0.25) is 0 Å². The number of nitrogens with zero attached hydrogens (tertiary/aromatic N) is 2. The first kappa shape index (κ1) is 8.18. The van der Waals surface area contributed by atoms with Gasteiger partial charge in [0.05, 0.1) is 11.9 Å². The summed E-state index contributed by atoms with van der Waals surface area (Å²) in [6.07, 6.45) is 10.9. The number of rotatable bonds is 4. The van der Waals surface area contributed by atoms with Crippen LogP contribution in [0, 0.1) is 6.20 Å². The summed E-state index contributed by atoms with van der Waals surface area (Å²) in [4.78, 5) is 8.01. The maximum absolute atomic E-state index is 4.13. The Hall–Kier alpha value is -0.920. The zero-order valence-electron chi connectivity index (χ0n) is 6.88. The third-order valence-corrected chi connectivity index (χ3v) is 1.61. The molecule has 0 fully saturated rings. The van der Waals surface area contributed by atoms with Gasteiger partial charge in [-0.1, -0.05) is 19.8 Å². The summed E-state index contributed by atoms with van der Waals surface area (Å²) in [6, 6.07) is 0. The molecule has 0 aliphatic rings. The molecule has 0 aliphatic carbocycles. The maximum atomic E-state index is 4.13. The summed E-state index contributed by atoms with van der Waals surface area (Å²) in [6.45, 7) is 2.20.